The summed E-state index contributed by atoms with van der Waals surface area (Å²) in [5, 5.41) is 8.09. The van der Waals surface area contributed by atoms with Crippen molar-refractivity contribution < 1.29 is 9.53 Å². The summed E-state index contributed by atoms with van der Waals surface area (Å²) in [6.07, 6.45) is 2.32. The molecule has 9 nitrogen and oxygen atoms in total. The Morgan fingerprint density at radius 1 is 1.30 bits per heavy atom. The lowest BCUT2D eigenvalue weighted by atomic mass is 9.97. The highest BCUT2D eigenvalue weighted by Gasteiger charge is 2.25. The number of nitrogens with one attached hydrogen (secondary N) is 1. The number of H-pyrrole nitrogens is 1. The third-order valence-corrected chi connectivity index (χ3v) is 5.38. The summed E-state index contributed by atoms with van der Waals surface area (Å²) in [5.74, 6) is 1.72. The van der Waals surface area contributed by atoms with E-state index in [0.29, 0.717) is 37.6 Å². The largest absolute Gasteiger partial charge is 0.494 e. The van der Waals surface area contributed by atoms with Crippen molar-refractivity contribution in [2.75, 3.05) is 19.7 Å². The van der Waals surface area contributed by atoms with Gasteiger partial charge in [0.25, 0.3) is 5.56 Å². The second kappa shape index (κ2) is 8.64. The molecule has 1 N–H and O–H groups in total. The first-order valence-corrected chi connectivity index (χ1v) is 10.3. The van der Waals surface area contributed by atoms with Crippen LogP contribution in [0.2, 0.25) is 0 Å². The van der Waals surface area contributed by atoms with Crippen molar-refractivity contribution in [1.82, 2.24) is 29.9 Å². The van der Waals surface area contributed by atoms with Crippen molar-refractivity contribution in [3.05, 3.63) is 46.0 Å². The highest BCUT2D eigenvalue weighted by molar-refractivity contribution is 5.79. The fraction of sp³-hybridized carbons (Fsp3) is 0.476. The summed E-state index contributed by atoms with van der Waals surface area (Å²) < 4.78 is 7.14. The number of aromatic amines is 1. The van der Waals surface area contributed by atoms with Gasteiger partial charge in [0.15, 0.2) is 11.2 Å². The first-order chi connectivity index (χ1) is 14.5. The van der Waals surface area contributed by atoms with Crippen LogP contribution in [0, 0.1) is 12.8 Å². The molecule has 1 aromatic carbocycles. The molecule has 0 unspecified atom stereocenters. The summed E-state index contributed by atoms with van der Waals surface area (Å²) in [7, 11) is 0. The van der Waals surface area contributed by atoms with Gasteiger partial charge in [0.2, 0.25) is 5.91 Å². The Morgan fingerprint density at radius 3 is 2.87 bits per heavy atom. The van der Waals surface area contributed by atoms with E-state index in [4.69, 9.17) is 4.74 Å². The molecule has 1 amide bonds. The molecule has 0 saturated carbocycles. The topological polar surface area (TPSA) is 106 Å². The van der Waals surface area contributed by atoms with Gasteiger partial charge in [-0.3, -0.25) is 9.59 Å². The van der Waals surface area contributed by atoms with Crippen molar-refractivity contribution in [2.45, 2.75) is 39.7 Å². The van der Waals surface area contributed by atoms with Gasteiger partial charge in [-0.1, -0.05) is 17.3 Å². The van der Waals surface area contributed by atoms with Gasteiger partial charge in [-0.05, 0) is 50.3 Å². The van der Waals surface area contributed by atoms with Crippen LogP contribution in [0.1, 0.15) is 31.2 Å². The van der Waals surface area contributed by atoms with E-state index in [2.05, 4.69) is 20.3 Å². The molecule has 2 aromatic heterocycles. The summed E-state index contributed by atoms with van der Waals surface area (Å²) in [6, 6.07) is 7.68. The van der Waals surface area contributed by atoms with Crippen molar-refractivity contribution in [2.24, 2.45) is 5.92 Å². The third-order valence-electron chi connectivity index (χ3n) is 5.38. The molecule has 1 saturated heterocycles. The Morgan fingerprint density at radius 2 is 2.10 bits per heavy atom. The Hall–Kier alpha value is -3.23. The van der Waals surface area contributed by atoms with E-state index in [1.807, 2.05) is 36.1 Å². The number of fused-ring (bicyclic) bond motifs is 1. The zero-order valence-electron chi connectivity index (χ0n) is 17.3. The van der Waals surface area contributed by atoms with E-state index in [9.17, 15) is 9.59 Å². The van der Waals surface area contributed by atoms with Crippen LogP contribution in [0.15, 0.2) is 29.1 Å². The number of carbonyl (C=O) groups excluding carboxylic acids is 1. The van der Waals surface area contributed by atoms with Gasteiger partial charge in [-0.2, -0.15) is 0 Å². The van der Waals surface area contributed by atoms with E-state index >= 15 is 0 Å². The maximum atomic E-state index is 12.8. The van der Waals surface area contributed by atoms with Crippen LogP contribution in [-0.2, 0) is 17.8 Å². The van der Waals surface area contributed by atoms with Crippen LogP contribution in [0.25, 0.3) is 11.2 Å². The Labute approximate surface area is 174 Å². The lowest BCUT2D eigenvalue weighted by molar-refractivity contribution is -0.132. The summed E-state index contributed by atoms with van der Waals surface area (Å²) in [4.78, 5) is 33.8. The first-order valence-electron chi connectivity index (χ1n) is 10.3. The van der Waals surface area contributed by atoms with Gasteiger partial charge in [0.1, 0.15) is 11.6 Å². The summed E-state index contributed by atoms with van der Waals surface area (Å²) in [5.41, 5.74) is 1.44. The van der Waals surface area contributed by atoms with Crippen LogP contribution in [0.5, 0.6) is 5.75 Å². The molecule has 4 rings (SSSR count). The molecule has 0 aliphatic carbocycles. The van der Waals surface area contributed by atoms with E-state index < -0.39 is 0 Å². The second-order valence-electron chi connectivity index (χ2n) is 7.70. The second-order valence-corrected chi connectivity index (χ2v) is 7.70. The Balaban J connectivity index is 1.41. The molecular formula is C21H26N6O3. The lowest BCUT2D eigenvalue weighted by Gasteiger charge is -2.32. The maximum absolute atomic E-state index is 12.8. The number of ether oxygens (including phenoxy) is 1. The zero-order chi connectivity index (χ0) is 21.1. The van der Waals surface area contributed by atoms with Crippen molar-refractivity contribution in [3.8, 4) is 5.75 Å². The molecule has 3 aromatic rings. The van der Waals surface area contributed by atoms with Crippen molar-refractivity contribution >= 4 is 17.1 Å². The lowest BCUT2D eigenvalue weighted by Crippen LogP contribution is -2.42. The van der Waals surface area contributed by atoms with Gasteiger partial charge in [-0.25, -0.2) is 9.67 Å². The molecule has 3 heterocycles. The molecule has 0 spiro atoms. The SMILES string of the molecule is CCOc1ccc(CC(=O)N2CCC[C@@H](Cn3nnc4c(=O)[nH]c(C)nc43)C2)cc1. The predicted molar refractivity (Wildman–Crippen MR) is 111 cm³/mol. The normalized spacial score (nSPS) is 16.7. The summed E-state index contributed by atoms with van der Waals surface area (Å²) in [6.45, 7) is 6.32. The number of nitrogens with zero attached hydrogens (tertiary/aromatic N) is 5. The molecule has 1 aliphatic heterocycles. The van der Waals surface area contributed by atoms with Gasteiger partial charge in [-0.15, -0.1) is 5.10 Å². The minimum Gasteiger partial charge on any atom is -0.494 e. The number of hydrogen-bond donors (Lipinski definition) is 1. The number of carbonyl (C=O) groups is 1. The average molecular weight is 410 g/mol. The number of piperidine rings is 1. The highest BCUT2D eigenvalue weighted by atomic mass is 16.5. The number of likely N-dealkylation sites (tertiary alicyclic amines) is 1. The molecule has 30 heavy (non-hydrogen) atoms. The Kier molecular flexibility index (Phi) is 5.78. The van der Waals surface area contributed by atoms with E-state index in [1.54, 1.807) is 11.6 Å². The molecule has 0 radical (unpaired) electrons. The smallest absolute Gasteiger partial charge is 0.281 e. The minimum atomic E-state index is -0.278. The fourth-order valence-corrected chi connectivity index (χ4v) is 3.94. The van der Waals surface area contributed by atoms with Crippen molar-refractivity contribution in [1.29, 1.82) is 0 Å². The highest BCUT2D eigenvalue weighted by Crippen LogP contribution is 2.21. The van der Waals surface area contributed by atoms with Crippen LogP contribution in [-0.4, -0.2) is 55.5 Å². The van der Waals surface area contributed by atoms with Crippen molar-refractivity contribution in [3.63, 3.8) is 0 Å². The van der Waals surface area contributed by atoms with Crippen LogP contribution >= 0.6 is 0 Å². The van der Waals surface area contributed by atoms with Crippen LogP contribution < -0.4 is 10.3 Å². The van der Waals surface area contributed by atoms with E-state index in [-0.39, 0.29) is 22.9 Å². The zero-order valence-corrected chi connectivity index (χ0v) is 17.3. The van der Waals surface area contributed by atoms with Gasteiger partial charge < -0.3 is 14.6 Å². The molecule has 1 fully saturated rings. The molecule has 0 bridgehead atoms. The quantitative estimate of drug-likeness (QED) is 0.663. The van der Waals surface area contributed by atoms with Crippen LogP contribution in [0.4, 0.5) is 0 Å². The third kappa shape index (κ3) is 4.34. The fourth-order valence-electron chi connectivity index (χ4n) is 3.94. The van der Waals surface area contributed by atoms with Gasteiger partial charge in [0, 0.05) is 19.6 Å². The number of aryl methyl sites for hydroxylation is 1. The molecular weight excluding hydrogens is 384 g/mol. The standard InChI is InChI=1S/C21H26N6O3/c1-3-30-17-8-6-15(7-9-17)11-18(28)26-10-4-5-16(12-26)13-27-20-19(24-25-27)21(29)23-14(2)22-20/h6-9,16H,3-5,10-13H2,1-2H3,(H,22,23,29)/t16-/m1/s1. The number of amides is 1. The first kappa shape index (κ1) is 20.1. The number of benzene rings is 1. The Bertz CT molecular complexity index is 1090. The molecule has 1 atom stereocenters. The van der Waals surface area contributed by atoms with Gasteiger partial charge in [0.05, 0.1) is 13.0 Å². The van der Waals surface area contributed by atoms with E-state index in [0.717, 1.165) is 30.7 Å². The summed E-state index contributed by atoms with van der Waals surface area (Å²) >= 11 is 0. The minimum absolute atomic E-state index is 0.123. The van der Waals surface area contributed by atoms with Gasteiger partial charge >= 0.3 is 0 Å². The predicted octanol–water partition coefficient (Wildman–Crippen LogP) is 1.70. The van der Waals surface area contributed by atoms with Crippen LogP contribution in [0.3, 0.4) is 0 Å². The van der Waals surface area contributed by atoms with E-state index in [1.165, 1.54) is 0 Å². The number of rotatable bonds is 6. The number of hydrogen-bond acceptors (Lipinski definition) is 6. The molecule has 158 valence electrons. The maximum Gasteiger partial charge on any atom is 0.281 e. The monoisotopic (exact) mass is 410 g/mol. The molecule has 1 aliphatic rings. The average Bonchev–Trinajstić information content (AvgIpc) is 3.13. The molecule has 9 heteroatoms. The number of aromatic nitrogens is 5.